The molecule has 0 aliphatic carbocycles. The van der Waals surface area contributed by atoms with Gasteiger partial charge in [-0.3, -0.25) is 4.57 Å². The van der Waals surface area contributed by atoms with E-state index in [4.69, 9.17) is 24.7 Å². The molecule has 3 heterocycles. The number of hydrogen-bond donors (Lipinski definition) is 1. The molecule has 0 bridgehead atoms. The largest absolute Gasteiger partial charge is 0.383 e. The fraction of sp³-hybridized carbons (Fsp3) is 0.692. The highest BCUT2D eigenvalue weighted by Gasteiger charge is 2.55. The quantitative estimate of drug-likeness (QED) is 0.819. The minimum absolute atomic E-state index is 0.192. The first kappa shape index (κ1) is 14.5. The van der Waals surface area contributed by atoms with Crippen molar-refractivity contribution in [1.29, 1.82) is 0 Å². The molecule has 8 nitrogen and oxygen atoms in total. The Morgan fingerprint density at radius 1 is 1.43 bits per heavy atom. The van der Waals surface area contributed by atoms with Crippen LogP contribution in [-0.4, -0.2) is 47.0 Å². The molecule has 2 fully saturated rings. The van der Waals surface area contributed by atoms with Crippen molar-refractivity contribution >= 4 is 5.82 Å². The summed E-state index contributed by atoms with van der Waals surface area (Å²) < 4.78 is 24.2. The normalized spacial score (nSPS) is 34.0. The summed E-state index contributed by atoms with van der Waals surface area (Å²) in [6.45, 7) is 3.98. The van der Waals surface area contributed by atoms with E-state index in [2.05, 4.69) is 4.98 Å². The van der Waals surface area contributed by atoms with E-state index in [-0.39, 0.29) is 24.1 Å². The summed E-state index contributed by atoms with van der Waals surface area (Å²) in [6, 6.07) is 1.57. The average molecular weight is 297 g/mol. The number of anilines is 1. The summed E-state index contributed by atoms with van der Waals surface area (Å²) in [4.78, 5) is 15.5. The fourth-order valence-corrected chi connectivity index (χ4v) is 2.75. The van der Waals surface area contributed by atoms with Crippen LogP contribution in [0.2, 0.25) is 0 Å². The lowest BCUT2D eigenvalue weighted by atomic mass is 10.1. The summed E-state index contributed by atoms with van der Waals surface area (Å²) in [7, 11) is 1.55. The number of methoxy groups -OCH3 is 1. The number of nitrogens with zero attached hydrogens (tertiary/aromatic N) is 2. The van der Waals surface area contributed by atoms with Gasteiger partial charge in [0, 0.05) is 13.3 Å². The van der Waals surface area contributed by atoms with E-state index in [1.165, 1.54) is 4.57 Å². The Bertz CT molecular complexity index is 587. The summed E-state index contributed by atoms with van der Waals surface area (Å²) in [5, 5.41) is 0. The molecule has 0 spiro atoms. The Labute approximate surface area is 121 Å². The second-order valence-electron chi connectivity index (χ2n) is 5.63. The number of fused-ring (bicyclic) bond motifs is 1. The lowest BCUT2D eigenvalue weighted by Gasteiger charge is -2.23. The van der Waals surface area contributed by atoms with Gasteiger partial charge in [-0.25, -0.2) is 4.79 Å². The van der Waals surface area contributed by atoms with Crippen LogP contribution in [-0.2, 0) is 25.5 Å². The molecule has 4 atom stereocenters. The molecule has 21 heavy (non-hydrogen) atoms. The Balaban J connectivity index is 1.81. The third-order valence-electron chi connectivity index (χ3n) is 3.61. The van der Waals surface area contributed by atoms with Gasteiger partial charge in [0.25, 0.3) is 0 Å². The van der Waals surface area contributed by atoms with Gasteiger partial charge < -0.3 is 24.7 Å². The maximum absolute atomic E-state index is 11.8. The first-order valence-electron chi connectivity index (χ1n) is 6.76. The summed E-state index contributed by atoms with van der Waals surface area (Å²) in [6.07, 6.45) is 0.107. The lowest BCUT2D eigenvalue weighted by Crippen LogP contribution is -2.36. The molecule has 0 unspecified atom stereocenters. The van der Waals surface area contributed by atoms with Crippen LogP contribution >= 0.6 is 0 Å². The number of nitrogen functional groups attached to an aromatic ring is 1. The van der Waals surface area contributed by atoms with Crippen LogP contribution in [0.25, 0.3) is 0 Å². The number of hydrogen-bond acceptors (Lipinski definition) is 7. The van der Waals surface area contributed by atoms with Crippen molar-refractivity contribution in [3.05, 3.63) is 22.7 Å². The van der Waals surface area contributed by atoms with Crippen LogP contribution in [0.5, 0.6) is 0 Å². The van der Waals surface area contributed by atoms with Crippen LogP contribution in [0.3, 0.4) is 0 Å². The van der Waals surface area contributed by atoms with Crippen molar-refractivity contribution in [3.63, 3.8) is 0 Å². The molecule has 116 valence electrons. The monoisotopic (exact) mass is 297 g/mol. The SMILES string of the molecule is CO[C@@H]1O[C@H](Cn2ccc(N)nc2=O)[C@H]2OC(C)(C)O[C@@H]12. The van der Waals surface area contributed by atoms with E-state index in [9.17, 15) is 4.79 Å². The minimum Gasteiger partial charge on any atom is -0.383 e. The highest BCUT2D eigenvalue weighted by atomic mass is 16.8. The Hall–Kier alpha value is -1.48. The molecule has 2 saturated heterocycles. The number of nitrogens with two attached hydrogens (primary N) is 1. The number of ether oxygens (including phenoxy) is 4. The van der Waals surface area contributed by atoms with E-state index in [1.807, 2.05) is 13.8 Å². The summed E-state index contributed by atoms with van der Waals surface area (Å²) in [5.41, 5.74) is 5.06. The maximum atomic E-state index is 11.8. The highest BCUT2D eigenvalue weighted by Crippen LogP contribution is 2.39. The van der Waals surface area contributed by atoms with Gasteiger partial charge in [0.1, 0.15) is 24.1 Å². The van der Waals surface area contributed by atoms with Gasteiger partial charge in [-0.05, 0) is 19.9 Å². The zero-order chi connectivity index (χ0) is 15.2. The standard InChI is InChI=1S/C13H19N3O5/c1-13(2)20-9-7(19-11(18-3)10(9)21-13)6-16-5-4-8(14)15-12(16)17/h4-5,7,9-11H,6H2,1-3H3,(H2,14,15,17)/t7-,9-,10-,11-/m1/s1. The van der Waals surface area contributed by atoms with Crippen LogP contribution in [0.1, 0.15) is 13.8 Å². The van der Waals surface area contributed by atoms with E-state index >= 15 is 0 Å². The van der Waals surface area contributed by atoms with Crippen molar-refractivity contribution in [2.24, 2.45) is 0 Å². The van der Waals surface area contributed by atoms with E-state index in [1.54, 1.807) is 19.4 Å². The number of aromatic nitrogens is 2. The molecule has 2 aliphatic heterocycles. The second kappa shape index (κ2) is 5.06. The molecule has 3 rings (SSSR count). The average Bonchev–Trinajstić information content (AvgIpc) is 2.87. The van der Waals surface area contributed by atoms with Gasteiger partial charge in [0.05, 0.1) is 6.54 Å². The van der Waals surface area contributed by atoms with Gasteiger partial charge >= 0.3 is 5.69 Å². The molecule has 1 aromatic heterocycles. The van der Waals surface area contributed by atoms with Crippen molar-refractivity contribution < 1.29 is 18.9 Å². The van der Waals surface area contributed by atoms with Gasteiger partial charge in [0.2, 0.25) is 0 Å². The molecule has 0 amide bonds. The smallest absolute Gasteiger partial charge is 0.349 e. The van der Waals surface area contributed by atoms with E-state index in [0.717, 1.165) is 0 Å². The predicted octanol–water partition coefficient (Wildman–Crippen LogP) is -0.283. The third kappa shape index (κ3) is 2.67. The molecule has 8 heteroatoms. The van der Waals surface area contributed by atoms with Crippen molar-refractivity contribution in [2.75, 3.05) is 12.8 Å². The van der Waals surface area contributed by atoms with Gasteiger partial charge in [-0.15, -0.1) is 0 Å². The Kier molecular flexibility index (Phi) is 3.48. The second-order valence-corrected chi connectivity index (χ2v) is 5.63. The fourth-order valence-electron chi connectivity index (χ4n) is 2.75. The Morgan fingerprint density at radius 3 is 2.81 bits per heavy atom. The molecule has 1 aromatic rings. The van der Waals surface area contributed by atoms with Crippen molar-refractivity contribution in [2.45, 2.75) is 50.8 Å². The third-order valence-corrected chi connectivity index (χ3v) is 3.61. The summed E-state index contributed by atoms with van der Waals surface area (Å²) >= 11 is 0. The Morgan fingerprint density at radius 2 is 2.14 bits per heavy atom. The molecule has 2 aliphatic rings. The van der Waals surface area contributed by atoms with Crippen molar-refractivity contribution in [3.8, 4) is 0 Å². The highest BCUT2D eigenvalue weighted by molar-refractivity contribution is 5.23. The van der Waals surface area contributed by atoms with E-state index in [0.29, 0.717) is 6.54 Å². The molecular weight excluding hydrogens is 278 g/mol. The topological polar surface area (TPSA) is 97.8 Å². The van der Waals surface area contributed by atoms with Crippen molar-refractivity contribution in [1.82, 2.24) is 9.55 Å². The summed E-state index contributed by atoms with van der Waals surface area (Å²) in [5.74, 6) is -0.504. The van der Waals surface area contributed by atoms with Gasteiger partial charge in [-0.1, -0.05) is 0 Å². The maximum Gasteiger partial charge on any atom is 0.349 e. The van der Waals surface area contributed by atoms with Crippen LogP contribution in [0.15, 0.2) is 17.1 Å². The predicted molar refractivity (Wildman–Crippen MR) is 72.4 cm³/mol. The van der Waals surface area contributed by atoms with Crippen LogP contribution in [0, 0.1) is 0 Å². The van der Waals surface area contributed by atoms with Crippen LogP contribution < -0.4 is 11.4 Å². The first-order valence-corrected chi connectivity index (χ1v) is 6.76. The minimum atomic E-state index is -0.696. The van der Waals surface area contributed by atoms with Gasteiger partial charge in [0.15, 0.2) is 12.1 Å². The molecule has 0 saturated carbocycles. The zero-order valence-electron chi connectivity index (χ0n) is 12.2. The molecule has 0 aromatic carbocycles. The zero-order valence-corrected chi connectivity index (χ0v) is 12.2. The lowest BCUT2D eigenvalue weighted by molar-refractivity contribution is -0.228. The molecule has 2 N–H and O–H groups in total. The van der Waals surface area contributed by atoms with Crippen LogP contribution in [0.4, 0.5) is 5.82 Å². The first-order chi connectivity index (χ1) is 9.89. The molecule has 0 radical (unpaired) electrons. The van der Waals surface area contributed by atoms with E-state index < -0.39 is 17.8 Å². The number of rotatable bonds is 3. The van der Waals surface area contributed by atoms with Gasteiger partial charge in [-0.2, -0.15) is 4.98 Å². The molecular formula is C13H19N3O5.